The van der Waals surface area contributed by atoms with Gasteiger partial charge in [0, 0.05) is 36.5 Å². The van der Waals surface area contributed by atoms with Crippen LogP contribution in [0.25, 0.3) is 0 Å². The van der Waals surface area contributed by atoms with Gasteiger partial charge in [-0.05, 0) is 85.5 Å². The number of hydrogen-bond acceptors (Lipinski definition) is 8. The highest BCUT2D eigenvalue weighted by Gasteiger charge is 2.41. The molecule has 0 aliphatic heterocycles. The maximum absolute atomic E-state index is 11.8. The molecule has 0 bridgehead atoms. The summed E-state index contributed by atoms with van der Waals surface area (Å²) >= 11 is 0. The lowest BCUT2D eigenvalue weighted by atomic mass is 10.1. The lowest BCUT2D eigenvalue weighted by molar-refractivity contribution is 0.0501. The van der Waals surface area contributed by atoms with Gasteiger partial charge in [-0.25, -0.2) is 9.59 Å². The van der Waals surface area contributed by atoms with Crippen LogP contribution in [0.1, 0.15) is 93.9 Å². The lowest BCUT2D eigenvalue weighted by Gasteiger charge is -2.18. The third-order valence-electron chi connectivity index (χ3n) is 6.62. The van der Waals surface area contributed by atoms with Crippen molar-refractivity contribution in [3.63, 3.8) is 0 Å². The summed E-state index contributed by atoms with van der Waals surface area (Å²) < 4.78 is 18.0. The Hall–Kier alpha value is -3.08. The summed E-state index contributed by atoms with van der Waals surface area (Å²) in [5, 5.41) is 15.0. The van der Waals surface area contributed by atoms with Crippen molar-refractivity contribution in [3.05, 3.63) is 34.9 Å². The van der Waals surface area contributed by atoms with Gasteiger partial charge < -0.3 is 19.3 Å². The Morgan fingerprint density at radius 1 is 0.923 bits per heavy atom. The largest absolute Gasteiger partial charge is 0.476 e. The quantitative estimate of drug-likeness (QED) is 0.490. The number of aliphatic hydroxyl groups is 1. The Kier molecular flexibility index (Phi) is 10.6. The Balaban J connectivity index is 0.000000229. The number of H-pyrrole nitrogens is 1. The number of aromatic amines is 1. The minimum atomic E-state index is -0.588. The molecule has 2 aliphatic rings. The van der Waals surface area contributed by atoms with Crippen LogP contribution in [-0.2, 0) is 9.47 Å². The molecule has 2 heterocycles. The Morgan fingerprint density at radius 3 is 1.85 bits per heavy atom. The van der Waals surface area contributed by atoms with Crippen LogP contribution in [0.4, 0.5) is 9.59 Å². The van der Waals surface area contributed by atoms with Crippen molar-refractivity contribution < 1.29 is 28.9 Å². The van der Waals surface area contributed by atoms with Crippen molar-refractivity contribution in [2.45, 2.75) is 105 Å². The molecule has 2 N–H and O–H groups in total. The summed E-state index contributed by atoms with van der Waals surface area (Å²) in [7, 11) is 0. The molecule has 220 valence electrons. The average Bonchev–Trinajstić information content (AvgIpc) is 3.71. The summed E-state index contributed by atoms with van der Waals surface area (Å²) in [6.07, 6.45) is 9.04. The van der Waals surface area contributed by atoms with Gasteiger partial charge in [0.05, 0.1) is 6.61 Å². The Labute approximate surface area is 230 Å². The number of carbonyl (C=O) groups excluding carboxylic acids is 2. The van der Waals surface area contributed by atoms with E-state index in [9.17, 15) is 14.4 Å². The van der Waals surface area contributed by atoms with Gasteiger partial charge in [0.1, 0.15) is 11.2 Å². The molecule has 2 aromatic rings. The van der Waals surface area contributed by atoms with E-state index in [1.807, 2.05) is 20.8 Å². The van der Waals surface area contributed by atoms with E-state index in [1.54, 1.807) is 33.0 Å². The van der Waals surface area contributed by atoms with Gasteiger partial charge in [-0.1, -0.05) is 13.8 Å². The topological polar surface area (TPSA) is 138 Å². The predicted octanol–water partition coefficient (Wildman–Crippen LogP) is 5.36. The number of nitrogens with zero attached hydrogens (tertiary/aromatic N) is 3. The highest BCUT2D eigenvalue weighted by Crippen LogP contribution is 2.48. The molecular weight excluding hydrogens is 504 g/mol. The molecule has 2 saturated carbocycles. The third kappa shape index (κ3) is 11.3. The second-order valence-corrected chi connectivity index (χ2v) is 12.4. The zero-order valence-corrected chi connectivity index (χ0v) is 24.7. The van der Waals surface area contributed by atoms with Crippen LogP contribution in [0.15, 0.2) is 29.3 Å². The van der Waals surface area contributed by atoms with E-state index in [0.29, 0.717) is 29.9 Å². The van der Waals surface area contributed by atoms with Crippen molar-refractivity contribution in [1.82, 2.24) is 19.6 Å². The maximum atomic E-state index is 11.8. The SMILES string of the molecule is CC(C)(C)OC(=O)n1ccc(=O)[nH]1.CCC1(CO)CC1.CCC1(COc2ccn(C(=O)OC(C)(C)C)n2)CC1. The molecule has 0 unspecified atom stereocenters. The monoisotopic (exact) mass is 550 g/mol. The highest BCUT2D eigenvalue weighted by atomic mass is 16.6. The first-order valence-corrected chi connectivity index (χ1v) is 13.6. The molecule has 0 spiro atoms. The summed E-state index contributed by atoms with van der Waals surface area (Å²) in [4.78, 5) is 33.7. The summed E-state index contributed by atoms with van der Waals surface area (Å²) in [6.45, 7) is 16.1. The Morgan fingerprint density at radius 2 is 1.46 bits per heavy atom. The smallest absolute Gasteiger partial charge is 0.435 e. The van der Waals surface area contributed by atoms with Crippen LogP contribution in [0.3, 0.4) is 0 Å². The van der Waals surface area contributed by atoms with Crippen molar-refractivity contribution in [2.75, 3.05) is 13.2 Å². The molecule has 2 fully saturated rings. The van der Waals surface area contributed by atoms with Crippen LogP contribution in [0, 0.1) is 10.8 Å². The molecule has 0 atom stereocenters. The lowest BCUT2D eigenvalue weighted by Crippen LogP contribution is -2.28. The fourth-order valence-corrected chi connectivity index (χ4v) is 3.35. The molecule has 4 rings (SSSR count). The number of rotatable bonds is 6. The number of hydrogen-bond donors (Lipinski definition) is 2. The van der Waals surface area contributed by atoms with Crippen LogP contribution < -0.4 is 10.3 Å². The number of aliphatic hydroxyl groups excluding tert-OH is 1. The van der Waals surface area contributed by atoms with Gasteiger partial charge in [-0.2, -0.15) is 9.36 Å². The van der Waals surface area contributed by atoms with Crippen LogP contribution in [-0.4, -0.2) is 61.3 Å². The molecule has 0 amide bonds. The van der Waals surface area contributed by atoms with Crippen LogP contribution in [0.2, 0.25) is 0 Å². The first-order valence-electron chi connectivity index (χ1n) is 13.6. The first-order chi connectivity index (χ1) is 18.0. The number of aromatic nitrogens is 4. The number of ether oxygens (including phenoxy) is 3. The van der Waals surface area contributed by atoms with E-state index in [4.69, 9.17) is 19.3 Å². The van der Waals surface area contributed by atoms with Crippen molar-refractivity contribution in [3.8, 4) is 5.88 Å². The van der Waals surface area contributed by atoms with Crippen LogP contribution >= 0.6 is 0 Å². The second-order valence-electron chi connectivity index (χ2n) is 12.4. The van der Waals surface area contributed by atoms with E-state index in [2.05, 4.69) is 24.0 Å². The van der Waals surface area contributed by atoms with E-state index < -0.39 is 23.4 Å². The van der Waals surface area contributed by atoms with E-state index in [1.165, 1.54) is 42.6 Å². The normalized spacial score (nSPS) is 16.5. The van der Waals surface area contributed by atoms with Gasteiger partial charge >= 0.3 is 12.2 Å². The van der Waals surface area contributed by atoms with Crippen LogP contribution in [0.5, 0.6) is 5.88 Å². The fraction of sp³-hybridized carbons (Fsp3) is 0.714. The molecule has 2 aromatic heterocycles. The van der Waals surface area contributed by atoms with E-state index in [-0.39, 0.29) is 5.56 Å². The highest BCUT2D eigenvalue weighted by molar-refractivity contribution is 5.70. The molecule has 11 nitrogen and oxygen atoms in total. The minimum absolute atomic E-state index is 0.328. The third-order valence-corrected chi connectivity index (χ3v) is 6.62. The maximum Gasteiger partial charge on any atom is 0.435 e. The van der Waals surface area contributed by atoms with Gasteiger partial charge in [-0.3, -0.25) is 9.89 Å². The van der Waals surface area contributed by atoms with Crippen molar-refractivity contribution in [1.29, 1.82) is 0 Å². The van der Waals surface area contributed by atoms with Gasteiger partial charge in [0.2, 0.25) is 5.88 Å². The zero-order valence-electron chi connectivity index (χ0n) is 24.7. The fourth-order valence-electron chi connectivity index (χ4n) is 3.35. The molecule has 0 radical (unpaired) electrons. The van der Waals surface area contributed by atoms with E-state index >= 15 is 0 Å². The van der Waals surface area contributed by atoms with Gasteiger partial charge in [-0.15, -0.1) is 5.10 Å². The first kappa shape index (κ1) is 32.1. The van der Waals surface area contributed by atoms with E-state index in [0.717, 1.165) is 17.5 Å². The standard InChI is InChI=1S/C14H22N2O3.C8H12N2O3.C6H12O/c1-5-14(7-8-14)10-18-11-6-9-16(15-11)12(17)19-13(2,3)4;1-8(2,3)13-7(12)10-5-4-6(11)9-10;1-2-6(5-7)3-4-6/h6,9H,5,7-8,10H2,1-4H3;4-5H,1-3H3,(H,9,11);7H,2-5H2,1H3. The molecule has 0 aromatic carbocycles. The van der Waals surface area contributed by atoms with Crippen molar-refractivity contribution in [2.24, 2.45) is 10.8 Å². The number of carbonyl (C=O) groups is 2. The van der Waals surface area contributed by atoms with Gasteiger partial charge in [0.25, 0.3) is 5.56 Å². The van der Waals surface area contributed by atoms with Crippen molar-refractivity contribution >= 4 is 12.2 Å². The number of nitrogens with one attached hydrogen (secondary N) is 1. The zero-order chi connectivity index (χ0) is 29.5. The van der Waals surface area contributed by atoms with Gasteiger partial charge in [0.15, 0.2) is 0 Å². The molecule has 39 heavy (non-hydrogen) atoms. The predicted molar refractivity (Wildman–Crippen MR) is 147 cm³/mol. The molecular formula is C28H46N4O7. The summed E-state index contributed by atoms with van der Waals surface area (Å²) in [5.74, 6) is 0.477. The molecule has 2 aliphatic carbocycles. The second kappa shape index (κ2) is 12.8. The summed E-state index contributed by atoms with van der Waals surface area (Å²) in [6, 6.07) is 2.94. The summed E-state index contributed by atoms with van der Waals surface area (Å²) in [5.41, 5.74) is -0.677. The molecule has 11 heteroatoms. The Bertz CT molecular complexity index is 1120. The minimum Gasteiger partial charge on any atom is -0.476 e. The average molecular weight is 551 g/mol. The molecule has 0 saturated heterocycles.